The second-order valence-electron chi connectivity index (χ2n) is 5.41. The summed E-state index contributed by atoms with van der Waals surface area (Å²) in [5.74, 6) is 0.0344. The Morgan fingerprint density at radius 3 is 3.00 bits per heavy atom. The number of nitrogen functional groups attached to an aromatic ring is 1. The fourth-order valence-corrected chi connectivity index (χ4v) is 3.03. The molecular weight excluding hydrogens is 240 g/mol. The summed E-state index contributed by atoms with van der Waals surface area (Å²) in [6.45, 7) is 0.704. The van der Waals surface area contributed by atoms with Gasteiger partial charge in [-0.05, 0) is 55.4 Å². The van der Waals surface area contributed by atoms with E-state index in [9.17, 15) is 4.79 Å². The van der Waals surface area contributed by atoms with E-state index >= 15 is 0 Å². The summed E-state index contributed by atoms with van der Waals surface area (Å²) in [6.07, 6.45) is 4.71. The number of ether oxygens (including phenoxy) is 1. The van der Waals surface area contributed by atoms with Crippen LogP contribution in [0.4, 0.5) is 5.69 Å². The molecule has 0 spiro atoms. The first kappa shape index (κ1) is 12.5. The number of fused-ring (bicyclic) bond motifs is 1. The van der Waals surface area contributed by atoms with Crippen LogP contribution in [-0.4, -0.2) is 18.6 Å². The van der Waals surface area contributed by atoms with Crippen LogP contribution in [0, 0.1) is 0 Å². The van der Waals surface area contributed by atoms with Crippen LogP contribution in [0.5, 0.6) is 0 Å². The van der Waals surface area contributed by atoms with E-state index in [0.29, 0.717) is 6.61 Å². The van der Waals surface area contributed by atoms with Crippen molar-refractivity contribution in [3.63, 3.8) is 0 Å². The molecule has 1 aromatic carbocycles. The monoisotopic (exact) mass is 260 g/mol. The molecule has 1 fully saturated rings. The van der Waals surface area contributed by atoms with Crippen molar-refractivity contribution in [1.29, 1.82) is 0 Å². The summed E-state index contributed by atoms with van der Waals surface area (Å²) in [7, 11) is 0. The van der Waals surface area contributed by atoms with E-state index in [0.717, 1.165) is 37.8 Å². The van der Waals surface area contributed by atoms with Gasteiger partial charge < -0.3 is 15.8 Å². The maximum absolute atomic E-state index is 12.1. The molecule has 0 bridgehead atoms. The third kappa shape index (κ3) is 2.59. The summed E-state index contributed by atoms with van der Waals surface area (Å²) >= 11 is 0. The van der Waals surface area contributed by atoms with E-state index in [1.165, 1.54) is 11.1 Å². The van der Waals surface area contributed by atoms with Crippen molar-refractivity contribution in [3.8, 4) is 0 Å². The maximum Gasteiger partial charge on any atom is 0.249 e. The number of hydrogen-bond donors (Lipinski definition) is 2. The van der Waals surface area contributed by atoms with E-state index in [-0.39, 0.29) is 18.1 Å². The van der Waals surface area contributed by atoms with Crippen LogP contribution >= 0.6 is 0 Å². The van der Waals surface area contributed by atoms with Crippen molar-refractivity contribution in [3.05, 3.63) is 29.3 Å². The molecule has 1 aliphatic heterocycles. The van der Waals surface area contributed by atoms with Gasteiger partial charge in [-0.1, -0.05) is 6.07 Å². The molecular formula is C15H20N2O2. The number of rotatable bonds is 2. The van der Waals surface area contributed by atoms with E-state index in [4.69, 9.17) is 10.5 Å². The Balaban J connectivity index is 1.74. The van der Waals surface area contributed by atoms with Gasteiger partial charge >= 0.3 is 0 Å². The number of carbonyl (C=O) groups is 1. The molecule has 1 unspecified atom stereocenters. The number of carbonyl (C=O) groups excluding carboxylic acids is 1. The topological polar surface area (TPSA) is 64.3 Å². The van der Waals surface area contributed by atoms with Gasteiger partial charge in [-0.15, -0.1) is 0 Å². The molecule has 2 atom stereocenters. The quantitative estimate of drug-likeness (QED) is 0.799. The van der Waals surface area contributed by atoms with E-state index < -0.39 is 0 Å². The average Bonchev–Trinajstić information content (AvgIpc) is 2.92. The summed E-state index contributed by atoms with van der Waals surface area (Å²) in [5.41, 5.74) is 9.10. The average molecular weight is 260 g/mol. The number of anilines is 1. The molecule has 4 nitrogen and oxygen atoms in total. The highest BCUT2D eigenvalue weighted by atomic mass is 16.5. The van der Waals surface area contributed by atoms with E-state index in [1.807, 2.05) is 18.2 Å². The van der Waals surface area contributed by atoms with Gasteiger partial charge in [0.1, 0.15) is 6.10 Å². The molecule has 1 amide bonds. The molecule has 0 radical (unpaired) electrons. The van der Waals surface area contributed by atoms with Gasteiger partial charge in [0.25, 0.3) is 0 Å². The Morgan fingerprint density at radius 1 is 1.32 bits per heavy atom. The first-order valence-electron chi connectivity index (χ1n) is 7.04. The van der Waals surface area contributed by atoms with Crippen LogP contribution in [0.25, 0.3) is 0 Å². The molecule has 19 heavy (non-hydrogen) atoms. The number of aryl methyl sites for hydroxylation is 1. The van der Waals surface area contributed by atoms with Crippen LogP contribution in [0.15, 0.2) is 18.2 Å². The molecule has 102 valence electrons. The fourth-order valence-electron chi connectivity index (χ4n) is 3.03. The third-order valence-corrected chi connectivity index (χ3v) is 4.02. The number of benzene rings is 1. The van der Waals surface area contributed by atoms with Gasteiger partial charge in [0, 0.05) is 12.3 Å². The van der Waals surface area contributed by atoms with Gasteiger partial charge in [0.05, 0.1) is 6.04 Å². The Morgan fingerprint density at radius 2 is 2.21 bits per heavy atom. The van der Waals surface area contributed by atoms with Gasteiger partial charge in [-0.2, -0.15) is 0 Å². The molecule has 3 rings (SSSR count). The highest BCUT2D eigenvalue weighted by molar-refractivity contribution is 5.81. The van der Waals surface area contributed by atoms with Crippen molar-refractivity contribution in [2.45, 2.75) is 44.2 Å². The number of nitrogens with one attached hydrogen (secondary N) is 1. The van der Waals surface area contributed by atoms with Gasteiger partial charge in [-0.25, -0.2) is 0 Å². The second-order valence-corrected chi connectivity index (χ2v) is 5.41. The van der Waals surface area contributed by atoms with Gasteiger partial charge in [0.15, 0.2) is 0 Å². The molecule has 2 aliphatic rings. The maximum atomic E-state index is 12.1. The lowest BCUT2D eigenvalue weighted by Gasteiger charge is -2.27. The molecule has 0 aromatic heterocycles. The third-order valence-electron chi connectivity index (χ3n) is 4.02. The zero-order chi connectivity index (χ0) is 13.2. The minimum absolute atomic E-state index is 0.0344. The molecule has 1 saturated heterocycles. The van der Waals surface area contributed by atoms with Crippen molar-refractivity contribution >= 4 is 11.6 Å². The predicted molar refractivity (Wildman–Crippen MR) is 73.7 cm³/mol. The van der Waals surface area contributed by atoms with Crippen molar-refractivity contribution in [2.24, 2.45) is 0 Å². The van der Waals surface area contributed by atoms with Crippen LogP contribution in [0.1, 0.15) is 42.9 Å². The zero-order valence-electron chi connectivity index (χ0n) is 11.0. The summed E-state index contributed by atoms with van der Waals surface area (Å²) in [5, 5.41) is 3.13. The normalized spacial score (nSPS) is 25.9. The fraction of sp³-hybridized carbons (Fsp3) is 0.533. The molecule has 0 saturated carbocycles. The lowest BCUT2D eigenvalue weighted by Crippen LogP contribution is -2.38. The largest absolute Gasteiger partial charge is 0.399 e. The van der Waals surface area contributed by atoms with Crippen molar-refractivity contribution in [1.82, 2.24) is 5.32 Å². The molecule has 1 aromatic rings. The predicted octanol–water partition coefficient (Wildman–Crippen LogP) is 1.94. The van der Waals surface area contributed by atoms with Gasteiger partial charge in [0.2, 0.25) is 5.91 Å². The first-order chi connectivity index (χ1) is 9.24. The summed E-state index contributed by atoms with van der Waals surface area (Å²) in [4.78, 5) is 12.1. The van der Waals surface area contributed by atoms with Crippen LogP contribution in [-0.2, 0) is 16.0 Å². The Bertz CT molecular complexity index is 481. The highest BCUT2D eigenvalue weighted by Gasteiger charge is 2.28. The standard InChI is InChI=1S/C15H20N2O2/c16-11-6-7-12-10(9-11)3-1-4-13(12)17-15(18)14-5-2-8-19-14/h6-7,9,13-14H,1-5,8,16H2,(H,17,18)/t13?,14-/m1/s1. The lowest BCUT2D eigenvalue weighted by molar-refractivity contribution is -0.130. The van der Waals surface area contributed by atoms with Crippen LogP contribution in [0.2, 0.25) is 0 Å². The smallest absolute Gasteiger partial charge is 0.249 e. The minimum Gasteiger partial charge on any atom is -0.399 e. The van der Waals surface area contributed by atoms with Crippen LogP contribution < -0.4 is 11.1 Å². The first-order valence-corrected chi connectivity index (χ1v) is 7.04. The molecule has 1 aliphatic carbocycles. The van der Waals surface area contributed by atoms with Crippen molar-refractivity contribution < 1.29 is 9.53 Å². The van der Waals surface area contributed by atoms with Crippen molar-refractivity contribution in [2.75, 3.05) is 12.3 Å². The van der Waals surface area contributed by atoms with E-state index in [1.54, 1.807) is 0 Å². The minimum atomic E-state index is -0.251. The molecule has 3 N–H and O–H groups in total. The zero-order valence-corrected chi connectivity index (χ0v) is 11.0. The summed E-state index contributed by atoms with van der Waals surface area (Å²) in [6, 6.07) is 6.10. The second kappa shape index (κ2) is 5.21. The molecule has 1 heterocycles. The SMILES string of the molecule is Nc1ccc2c(c1)CCCC2NC(=O)[C@H]1CCCO1. The summed E-state index contributed by atoms with van der Waals surface area (Å²) < 4.78 is 5.43. The van der Waals surface area contributed by atoms with E-state index in [2.05, 4.69) is 5.32 Å². The highest BCUT2D eigenvalue weighted by Crippen LogP contribution is 2.31. The Labute approximate surface area is 113 Å². The Kier molecular flexibility index (Phi) is 3.42. The lowest BCUT2D eigenvalue weighted by atomic mass is 9.87. The van der Waals surface area contributed by atoms with Crippen LogP contribution in [0.3, 0.4) is 0 Å². The Hall–Kier alpha value is -1.55. The number of amides is 1. The number of nitrogens with two attached hydrogens (primary N) is 1. The number of hydrogen-bond acceptors (Lipinski definition) is 3. The van der Waals surface area contributed by atoms with Gasteiger partial charge in [-0.3, -0.25) is 4.79 Å². The molecule has 4 heteroatoms.